The Morgan fingerprint density at radius 2 is 0.969 bits per heavy atom. The van der Waals surface area contributed by atoms with Crippen LogP contribution in [0.2, 0.25) is 0 Å². The fraction of sp³-hybridized carbons (Fsp3) is 0.727. The molecule has 1 amide bonds. The molecule has 0 bridgehead atoms. The number of rotatable bonds is 42. The Hall–Kier alpha value is -2.63. The van der Waals surface area contributed by atoms with Crippen LogP contribution in [-0.2, 0) is 14.3 Å². The largest absolute Gasteiger partial charge is 0.394 e. The van der Waals surface area contributed by atoms with Gasteiger partial charge in [0.05, 0.1) is 25.4 Å². The summed E-state index contributed by atoms with van der Waals surface area (Å²) in [4.78, 5) is 12.9. The molecule has 1 heterocycles. The summed E-state index contributed by atoms with van der Waals surface area (Å²) in [6, 6.07) is -0.717. The molecule has 1 aliphatic rings. The molecule has 0 aromatic heterocycles. The number of amides is 1. The second-order valence-electron chi connectivity index (χ2n) is 17.6. The quantitative estimate of drug-likeness (QED) is 0.0262. The van der Waals surface area contributed by atoms with Crippen LogP contribution in [0.25, 0.3) is 0 Å². The first-order valence-electron chi connectivity index (χ1n) is 25.8. The van der Waals surface area contributed by atoms with E-state index in [-0.39, 0.29) is 12.5 Å². The van der Waals surface area contributed by atoms with Crippen molar-refractivity contribution >= 4 is 5.91 Å². The fourth-order valence-electron chi connectivity index (χ4n) is 7.67. The van der Waals surface area contributed by atoms with E-state index in [1.807, 2.05) is 0 Å². The number of aliphatic hydroxyl groups is 5. The Balaban J connectivity index is 2.00. The summed E-state index contributed by atoms with van der Waals surface area (Å²) in [6.07, 6.45) is 55.5. The smallest absolute Gasteiger partial charge is 0.220 e. The third-order valence-corrected chi connectivity index (χ3v) is 11.8. The Bertz CT molecular complexity index is 1270. The van der Waals surface area contributed by atoms with E-state index in [0.717, 1.165) is 89.9 Å². The van der Waals surface area contributed by atoms with Crippen LogP contribution in [0.3, 0.4) is 0 Å². The van der Waals surface area contributed by atoms with Crippen molar-refractivity contribution in [2.45, 2.75) is 243 Å². The Kier molecular flexibility index (Phi) is 41.0. The fourth-order valence-corrected chi connectivity index (χ4v) is 7.67. The highest BCUT2D eigenvalue weighted by molar-refractivity contribution is 5.76. The van der Waals surface area contributed by atoms with Gasteiger partial charge in [-0.15, -0.1) is 0 Å². The van der Waals surface area contributed by atoms with Gasteiger partial charge in [-0.1, -0.05) is 208 Å². The second-order valence-corrected chi connectivity index (χ2v) is 17.6. The number of carbonyl (C=O) groups excluding carboxylic acids is 1. The van der Waals surface area contributed by atoms with Crippen LogP contribution in [0.5, 0.6) is 0 Å². The highest BCUT2D eigenvalue weighted by Gasteiger charge is 2.44. The third-order valence-electron chi connectivity index (χ3n) is 11.8. The van der Waals surface area contributed by atoms with Gasteiger partial charge in [0, 0.05) is 6.42 Å². The molecule has 7 unspecified atom stereocenters. The number of unbranched alkanes of at least 4 members (excludes halogenated alkanes) is 18. The van der Waals surface area contributed by atoms with Gasteiger partial charge in [-0.25, -0.2) is 0 Å². The molecular formula is C55H95NO8. The molecule has 0 saturated carbocycles. The van der Waals surface area contributed by atoms with Crippen molar-refractivity contribution in [3.05, 3.63) is 85.1 Å². The van der Waals surface area contributed by atoms with Gasteiger partial charge in [0.2, 0.25) is 5.91 Å². The minimum Gasteiger partial charge on any atom is -0.394 e. The normalized spacial score (nSPS) is 20.8. The zero-order chi connectivity index (χ0) is 46.6. The molecular weight excluding hydrogens is 803 g/mol. The van der Waals surface area contributed by atoms with Crippen LogP contribution in [0.4, 0.5) is 0 Å². The topological polar surface area (TPSA) is 149 Å². The van der Waals surface area contributed by atoms with Crippen LogP contribution in [0.15, 0.2) is 85.1 Å². The molecule has 64 heavy (non-hydrogen) atoms. The number of hydrogen-bond donors (Lipinski definition) is 6. The Morgan fingerprint density at radius 3 is 1.42 bits per heavy atom. The summed E-state index contributed by atoms with van der Waals surface area (Å²) < 4.78 is 11.1. The summed E-state index contributed by atoms with van der Waals surface area (Å²) in [7, 11) is 0. The predicted molar refractivity (Wildman–Crippen MR) is 267 cm³/mol. The van der Waals surface area contributed by atoms with Crippen molar-refractivity contribution in [3.8, 4) is 0 Å². The van der Waals surface area contributed by atoms with E-state index in [4.69, 9.17) is 9.47 Å². The zero-order valence-electron chi connectivity index (χ0n) is 40.5. The molecule has 6 N–H and O–H groups in total. The molecule has 0 radical (unpaired) electrons. The number of nitrogens with one attached hydrogen (secondary N) is 1. The first-order valence-corrected chi connectivity index (χ1v) is 25.8. The predicted octanol–water partition coefficient (Wildman–Crippen LogP) is 11.9. The summed E-state index contributed by atoms with van der Waals surface area (Å²) in [5, 5.41) is 53.8. The molecule has 7 atom stereocenters. The van der Waals surface area contributed by atoms with E-state index in [2.05, 4.69) is 104 Å². The maximum Gasteiger partial charge on any atom is 0.220 e. The standard InChI is InChI=1S/C55H95NO8/c1-3-5-7-9-10-11-12-13-14-15-16-17-18-19-20-21-22-23-24-25-26-27-28-29-30-31-32-33-34-35-36-37-38-39-40-41-43-45-51(59)56-48(49(58)44-42-8-6-4-2)47-63-55-54(62)53(61)52(60)50(46-57)64-55/h5,7,10-11,13-14,16-17,19-20,22-23,25-26,48-50,52-55,57-58,60-62H,3-4,6,8-9,12,15,18,21,24,27-47H2,1-2H3,(H,56,59)/b7-5-,11-10-,14-13-,17-16-,20-19-,23-22-,26-25-. The summed E-state index contributed by atoms with van der Waals surface area (Å²) in [5.41, 5.74) is 0. The van der Waals surface area contributed by atoms with Crippen LogP contribution >= 0.6 is 0 Å². The monoisotopic (exact) mass is 898 g/mol. The third kappa shape index (κ3) is 33.8. The highest BCUT2D eigenvalue weighted by atomic mass is 16.7. The molecule has 0 aromatic rings. The Labute approximate surface area is 391 Å². The van der Waals surface area contributed by atoms with Crippen molar-refractivity contribution < 1.29 is 39.8 Å². The van der Waals surface area contributed by atoms with Gasteiger partial charge in [0.1, 0.15) is 24.4 Å². The lowest BCUT2D eigenvalue weighted by atomic mass is 9.99. The summed E-state index contributed by atoms with van der Waals surface area (Å²) in [5.74, 6) is -0.157. The average molecular weight is 898 g/mol. The number of aliphatic hydroxyl groups excluding tert-OH is 5. The average Bonchev–Trinajstić information content (AvgIpc) is 3.29. The highest BCUT2D eigenvalue weighted by Crippen LogP contribution is 2.23. The van der Waals surface area contributed by atoms with E-state index >= 15 is 0 Å². The second kappa shape index (κ2) is 44.2. The molecule has 1 rings (SSSR count). The minimum absolute atomic E-state index is 0.144. The molecule has 9 heteroatoms. The van der Waals surface area contributed by atoms with Gasteiger partial charge in [-0.3, -0.25) is 4.79 Å². The van der Waals surface area contributed by atoms with E-state index in [1.54, 1.807) is 0 Å². The van der Waals surface area contributed by atoms with E-state index < -0.39 is 49.5 Å². The van der Waals surface area contributed by atoms with E-state index in [9.17, 15) is 30.3 Å². The van der Waals surface area contributed by atoms with Crippen molar-refractivity contribution in [3.63, 3.8) is 0 Å². The molecule has 1 fully saturated rings. The van der Waals surface area contributed by atoms with Crippen LogP contribution < -0.4 is 5.32 Å². The van der Waals surface area contributed by atoms with Crippen LogP contribution in [-0.4, -0.2) is 87.5 Å². The molecule has 1 aliphatic heterocycles. The lowest BCUT2D eigenvalue weighted by Gasteiger charge is -2.40. The van der Waals surface area contributed by atoms with Gasteiger partial charge < -0.3 is 40.3 Å². The summed E-state index contributed by atoms with van der Waals surface area (Å²) >= 11 is 0. The number of ether oxygens (including phenoxy) is 2. The molecule has 0 spiro atoms. The first-order chi connectivity index (χ1) is 31.3. The molecule has 9 nitrogen and oxygen atoms in total. The maximum atomic E-state index is 12.9. The lowest BCUT2D eigenvalue weighted by Crippen LogP contribution is -2.60. The molecule has 0 aliphatic carbocycles. The van der Waals surface area contributed by atoms with Crippen molar-refractivity contribution in [1.82, 2.24) is 5.32 Å². The lowest BCUT2D eigenvalue weighted by molar-refractivity contribution is -0.302. The zero-order valence-corrected chi connectivity index (χ0v) is 40.5. The number of allylic oxidation sites excluding steroid dienone is 14. The molecule has 1 saturated heterocycles. The molecule has 368 valence electrons. The van der Waals surface area contributed by atoms with Crippen LogP contribution in [0, 0.1) is 0 Å². The SMILES string of the molecule is CC/C=C\C/C=C\C/C=C\C/C=C\C/C=C\C/C=C\C/C=C\CCCCCCCCCCCCCCCCCC(=O)NC(COC1OC(CO)C(O)C(O)C1O)C(O)CCCCCC. The van der Waals surface area contributed by atoms with Crippen molar-refractivity contribution in [1.29, 1.82) is 0 Å². The molecule has 0 aromatic carbocycles. The maximum absolute atomic E-state index is 12.9. The van der Waals surface area contributed by atoms with E-state index in [0.29, 0.717) is 12.8 Å². The van der Waals surface area contributed by atoms with Crippen molar-refractivity contribution in [2.24, 2.45) is 0 Å². The van der Waals surface area contributed by atoms with Crippen molar-refractivity contribution in [2.75, 3.05) is 13.2 Å². The van der Waals surface area contributed by atoms with Gasteiger partial charge in [-0.2, -0.15) is 0 Å². The first kappa shape index (κ1) is 59.4. The van der Waals surface area contributed by atoms with Gasteiger partial charge in [0.15, 0.2) is 6.29 Å². The Morgan fingerprint density at radius 1 is 0.547 bits per heavy atom. The van der Waals surface area contributed by atoms with Gasteiger partial charge in [-0.05, 0) is 70.6 Å². The summed E-state index contributed by atoms with van der Waals surface area (Å²) in [6.45, 7) is 3.58. The number of hydrogen-bond acceptors (Lipinski definition) is 8. The number of carbonyl (C=O) groups is 1. The minimum atomic E-state index is -1.55. The van der Waals surface area contributed by atoms with Gasteiger partial charge in [0.25, 0.3) is 0 Å². The van der Waals surface area contributed by atoms with Crippen LogP contribution in [0.1, 0.15) is 200 Å². The van der Waals surface area contributed by atoms with E-state index in [1.165, 1.54) is 83.5 Å². The van der Waals surface area contributed by atoms with Gasteiger partial charge >= 0.3 is 0 Å².